The van der Waals surface area contributed by atoms with Crippen LogP contribution in [0.5, 0.6) is 0 Å². The van der Waals surface area contributed by atoms with E-state index >= 15 is 0 Å². The number of aromatic amines is 1. The van der Waals surface area contributed by atoms with Crippen molar-refractivity contribution in [3.63, 3.8) is 0 Å². The van der Waals surface area contributed by atoms with Crippen molar-refractivity contribution in [3.8, 4) is 11.1 Å². The molecule has 3 aromatic rings. The molecule has 0 saturated heterocycles. The molecule has 0 aliphatic rings. The molecule has 0 amide bonds. The highest BCUT2D eigenvalue weighted by atomic mass is 32.1. The molecule has 0 atom stereocenters. The second-order valence-electron chi connectivity index (χ2n) is 3.56. The highest BCUT2D eigenvalue weighted by Crippen LogP contribution is 2.31. The monoisotopic (exact) mass is 227 g/mol. The lowest BCUT2D eigenvalue weighted by atomic mass is 10.1. The minimum Gasteiger partial charge on any atom is -0.329 e. The largest absolute Gasteiger partial charge is 0.329 e. The highest BCUT2D eigenvalue weighted by molar-refractivity contribution is 7.17. The van der Waals surface area contributed by atoms with Crippen molar-refractivity contribution in [3.05, 3.63) is 58.3 Å². The minimum atomic E-state index is -0.0361. The van der Waals surface area contributed by atoms with Crippen molar-refractivity contribution in [2.45, 2.75) is 0 Å². The van der Waals surface area contributed by atoms with Crippen molar-refractivity contribution >= 4 is 21.4 Å². The van der Waals surface area contributed by atoms with E-state index in [-0.39, 0.29) is 5.56 Å². The molecule has 2 aromatic heterocycles. The number of nitrogens with one attached hydrogen (secondary N) is 1. The predicted molar refractivity (Wildman–Crippen MR) is 67.9 cm³/mol. The average molecular weight is 227 g/mol. The van der Waals surface area contributed by atoms with Crippen LogP contribution < -0.4 is 5.56 Å². The predicted octanol–water partition coefficient (Wildman–Crippen LogP) is 3.26. The first-order valence-electron chi connectivity index (χ1n) is 5.00. The number of aromatic nitrogens is 1. The van der Waals surface area contributed by atoms with Gasteiger partial charge in [-0.3, -0.25) is 4.79 Å². The Hall–Kier alpha value is -1.87. The van der Waals surface area contributed by atoms with Crippen LogP contribution in [0.2, 0.25) is 0 Å². The third-order valence-electron chi connectivity index (χ3n) is 2.59. The van der Waals surface area contributed by atoms with Crippen LogP contribution in [0.4, 0.5) is 0 Å². The Morgan fingerprint density at radius 3 is 2.75 bits per heavy atom. The first-order chi connectivity index (χ1) is 7.86. The Labute approximate surface area is 96.2 Å². The molecule has 0 spiro atoms. The van der Waals surface area contributed by atoms with Crippen LogP contribution in [-0.2, 0) is 0 Å². The van der Waals surface area contributed by atoms with Crippen molar-refractivity contribution < 1.29 is 0 Å². The van der Waals surface area contributed by atoms with Crippen LogP contribution in [-0.4, -0.2) is 4.98 Å². The van der Waals surface area contributed by atoms with Crippen LogP contribution >= 0.6 is 11.3 Å². The van der Waals surface area contributed by atoms with Gasteiger partial charge in [0.25, 0.3) is 5.56 Å². The number of pyridine rings is 1. The van der Waals surface area contributed by atoms with E-state index in [9.17, 15) is 4.79 Å². The summed E-state index contributed by atoms with van der Waals surface area (Å²) in [5.41, 5.74) is 1.72. The molecule has 1 aromatic carbocycles. The molecule has 2 nitrogen and oxygen atoms in total. The molecule has 16 heavy (non-hydrogen) atoms. The Balaban J connectivity index is 2.35. The molecule has 0 fully saturated rings. The normalized spacial score (nSPS) is 10.8. The van der Waals surface area contributed by atoms with Crippen molar-refractivity contribution in [1.29, 1.82) is 0 Å². The van der Waals surface area contributed by atoms with Gasteiger partial charge in [-0.25, -0.2) is 0 Å². The Bertz CT molecular complexity index is 696. The maximum atomic E-state index is 11.7. The summed E-state index contributed by atoms with van der Waals surface area (Å²) in [4.78, 5) is 14.4. The summed E-state index contributed by atoms with van der Waals surface area (Å²) in [6, 6.07) is 11.8. The van der Waals surface area contributed by atoms with Gasteiger partial charge in [0, 0.05) is 32.8 Å². The molecule has 0 saturated carbocycles. The van der Waals surface area contributed by atoms with E-state index in [2.05, 4.69) is 11.1 Å². The van der Waals surface area contributed by atoms with Crippen LogP contribution in [0, 0.1) is 0 Å². The molecule has 3 heteroatoms. The quantitative estimate of drug-likeness (QED) is 0.680. The van der Waals surface area contributed by atoms with Gasteiger partial charge in [0.1, 0.15) is 0 Å². The van der Waals surface area contributed by atoms with E-state index in [1.165, 1.54) is 4.70 Å². The molecular formula is C13H9NOS. The Morgan fingerprint density at radius 1 is 1.00 bits per heavy atom. The number of fused-ring (bicyclic) bond motifs is 1. The Kier molecular flexibility index (Phi) is 2.11. The van der Waals surface area contributed by atoms with E-state index in [1.54, 1.807) is 17.5 Å². The van der Waals surface area contributed by atoms with Crippen LogP contribution in [0.3, 0.4) is 0 Å². The number of benzene rings is 1. The molecular weight excluding hydrogens is 218 g/mol. The van der Waals surface area contributed by atoms with E-state index in [0.717, 1.165) is 16.5 Å². The van der Waals surface area contributed by atoms with Crippen molar-refractivity contribution in [2.24, 2.45) is 0 Å². The number of hydrogen-bond acceptors (Lipinski definition) is 2. The summed E-state index contributed by atoms with van der Waals surface area (Å²) in [7, 11) is 0. The topological polar surface area (TPSA) is 32.9 Å². The van der Waals surface area contributed by atoms with E-state index < -0.39 is 0 Å². The third-order valence-corrected chi connectivity index (χ3v) is 3.55. The SMILES string of the molecule is O=c1[nH]cccc1-c1csc2ccccc12. The molecule has 1 N–H and O–H groups in total. The maximum Gasteiger partial charge on any atom is 0.255 e. The van der Waals surface area contributed by atoms with Gasteiger partial charge in [-0.15, -0.1) is 11.3 Å². The summed E-state index contributed by atoms with van der Waals surface area (Å²) in [6.45, 7) is 0. The van der Waals surface area contributed by atoms with Gasteiger partial charge in [0.15, 0.2) is 0 Å². The smallest absolute Gasteiger partial charge is 0.255 e. The molecule has 3 rings (SSSR count). The fraction of sp³-hybridized carbons (Fsp3) is 0. The number of thiophene rings is 1. The van der Waals surface area contributed by atoms with E-state index in [0.29, 0.717) is 0 Å². The second kappa shape index (κ2) is 3.61. The maximum absolute atomic E-state index is 11.7. The molecule has 0 unspecified atom stereocenters. The first-order valence-corrected chi connectivity index (χ1v) is 5.88. The standard InChI is InChI=1S/C13H9NOS/c15-13-10(5-3-7-14-13)11-8-16-12-6-2-1-4-9(11)12/h1-8H,(H,14,15). The number of H-pyrrole nitrogens is 1. The van der Waals surface area contributed by atoms with Crippen molar-refractivity contribution in [2.75, 3.05) is 0 Å². The number of hydrogen-bond donors (Lipinski definition) is 1. The van der Waals surface area contributed by atoms with Gasteiger partial charge in [0.2, 0.25) is 0 Å². The first kappa shape index (κ1) is 9.36. The summed E-state index contributed by atoms with van der Waals surface area (Å²) in [5, 5.41) is 3.18. The van der Waals surface area contributed by atoms with Gasteiger partial charge < -0.3 is 4.98 Å². The molecule has 0 aliphatic carbocycles. The van der Waals surface area contributed by atoms with E-state index in [4.69, 9.17) is 0 Å². The Morgan fingerprint density at radius 2 is 1.88 bits per heavy atom. The lowest BCUT2D eigenvalue weighted by molar-refractivity contribution is 1.24. The zero-order valence-corrected chi connectivity index (χ0v) is 9.25. The van der Waals surface area contributed by atoms with Crippen molar-refractivity contribution in [1.82, 2.24) is 4.98 Å². The number of rotatable bonds is 1. The molecule has 78 valence electrons. The van der Waals surface area contributed by atoms with E-state index in [1.807, 2.05) is 35.7 Å². The molecule has 0 radical (unpaired) electrons. The summed E-state index contributed by atoms with van der Waals surface area (Å²) < 4.78 is 1.21. The fourth-order valence-electron chi connectivity index (χ4n) is 1.82. The van der Waals surface area contributed by atoms with Gasteiger partial charge >= 0.3 is 0 Å². The summed E-state index contributed by atoms with van der Waals surface area (Å²) >= 11 is 1.66. The average Bonchev–Trinajstić information content (AvgIpc) is 2.74. The zero-order chi connectivity index (χ0) is 11.0. The second-order valence-corrected chi connectivity index (χ2v) is 4.47. The lowest BCUT2D eigenvalue weighted by Gasteiger charge is -1.97. The highest BCUT2D eigenvalue weighted by Gasteiger charge is 2.08. The van der Waals surface area contributed by atoms with Gasteiger partial charge in [-0.1, -0.05) is 18.2 Å². The third kappa shape index (κ3) is 1.37. The molecule has 0 bridgehead atoms. The fourth-order valence-corrected chi connectivity index (χ4v) is 2.78. The molecule has 0 aliphatic heterocycles. The zero-order valence-electron chi connectivity index (χ0n) is 8.44. The summed E-state index contributed by atoms with van der Waals surface area (Å²) in [6.07, 6.45) is 1.65. The molecule has 2 heterocycles. The van der Waals surface area contributed by atoms with Gasteiger partial charge in [0.05, 0.1) is 0 Å². The van der Waals surface area contributed by atoms with Crippen LogP contribution in [0.25, 0.3) is 21.2 Å². The van der Waals surface area contributed by atoms with Gasteiger partial charge in [-0.05, 0) is 18.2 Å². The van der Waals surface area contributed by atoms with Gasteiger partial charge in [-0.2, -0.15) is 0 Å². The van der Waals surface area contributed by atoms with Crippen LogP contribution in [0.15, 0.2) is 52.8 Å². The minimum absolute atomic E-state index is 0.0361. The van der Waals surface area contributed by atoms with Crippen LogP contribution in [0.1, 0.15) is 0 Å². The lowest BCUT2D eigenvalue weighted by Crippen LogP contribution is -2.06. The summed E-state index contributed by atoms with van der Waals surface area (Å²) in [5.74, 6) is 0.